The van der Waals surface area contributed by atoms with Crippen LogP contribution in [0.25, 0.3) is 21.0 Å². The van der Waals surface area contributed by atoms with E-state index in [0.717, 1.165) is 10.2 Å². The molecule has 0 aliphatic heterocycles. The molecule has 4 aromatic rings. The normalized spacial score (nSPS) is 11.9. The van der Waals surface area contributed by atoms with Crippen LogP contribution in [-0.4, -0.2) is 23.0 Å². The van der Waals surface area contributed by atoms with E-state index in [0.29, 0.717) is 10.8 Å². The molecule has 29 heavy (non-hydrogen) atoms. The predicted octanol–water partition coefficient (Wildman–Crippen LogP) is 4.88. The Morgan fingerprint density at radius 3 is 2.66 bits per heavy atom. The fraction of sp³-hybridized carbons (Fsp3) is 0.0952. The first-order valence-electron chi connectivity index (χ1n) is 8.73. The van der Waals surface area contributed by atoms with Gasteiger partial charge in [0.15, 0.2) is 16.9 Å². The average Bonchev–Trinajstić information content (AvgIpc) is 3.36. The maximum atomic E-state index is 13.6. The van der Waals surface area contributed by atoms with Crippen LogP contribution in [0.2, 0.25) is 0 Å². The maximum Gasteiger partial charge on any atom is 0.375 e. The molecular formula is C21H15FN2O4S. The van der Waals surface area contributed by atoms with Crippen molar-refractivity contribution in [3.05, 3.63) is 72.2 Å². The fourth-order valence-electron chi connectivity index (χ4n) is 2.61. The summed E-state index contributed by atoms with van der Waals surface area (Å²) in [5.74, 6) is -1.65. The van der Waals surface area contributed by atoms with Crippen LogP contribution in [0.1, 0.15) is 17.5 Å². The number of carbonyl (C=O) groups is 2. The minimum absolute atomic E-state index is 0.0107. The molecule has 2 aromatic carbocycles. The number of aromatic nitrogens is 1. The minimum atomic E-state index is -1.14. The monoisotopic (exact) mass is 410 g/mol. The van der Waals surface area contributed by atoms with Crippen molar-refractivity contribution in [2.45, 2.75) is 13.0 Å². The van der Waals surface area contributed by atoms with Crippen LogP contribution in [-0.2, 0) is 9.53 Å². The number of anilines is 1. The van der Waals surface area contributed by atoms with E-state index >= 15 is 0 Å². The predicted molar refractivity (Wildman–Crippen MR) is 107 cm³/mol. The smallest absolute Gasteiger partial charge is 0.375 e. The third-order valence-electron chi connectivity index (χ3n) is 4.10. The quantitative estimate of drug-likeness (QED) is 0.474. The second kappa shape index (κ2) is 7.84. The van der Waals surface area contributed by atoms with Gasteiger partial charge in [-0.3, -0.25) is 4.79 Å². The molecule has 0 fully saturated rings. The summed E-state index contributed by atoms with van der Waals surface area (Å²) in [5.41, 5.74) is 0.850. The zero-order chi connectivity index (χ0) is 20.4. The highest BCUT2D eigenvalue weighted by Gasteiger charge is 2.22. The number of hydrogen-bond donors (Lipinski definition) is 1. The fourth-order valence-corrected chi connectivity index (χ4v) is 3.54. The number of halogens is 1. The van der Waals surface area contributed by atoms with Gasteiger partial charge in [0, 0.05) is 0 Å². The molecule has 0 aliphatic rings. The van der Waals surface area contributed by atoms with E-state index in [2.05, 4.69) is 10.3 Å². The molecule has 8 heteroatoms. The number of furan rings is 1. The number of para-hydroxylation sites is 2. The molecule has 2 aromatic heterocycles. The van der Waals surface area contributed by atoms with Gasteiger partial charge < -0.3 is 14.5 Å². The Morgan fingerprint density at radius 2 is 1.86 bits per heavy atom. The van der Waals surface area contributed by atoms with E-state index < -0.39 is 23.8 Å². The molecule has 4 rings (SSSR count). The number of nitrogens with one attached hydrogen (secondary N) is 1. The second-order valence-corrected chi connectivity index (χ2v) is 7.20. The number of esters is 1. The Hall–Kier alpha value is -3.52. The van der Waals surface area contributed by atoms with Crippen molar-refractivity contribution < 1.29 is 23.1 Å². The third-order valence-corrected chi connectivity index (χ3v) is 5.15. The molecule has 146 valence electrons. The molecule has 2 heterocycles. The van der Waals surface area contributed by atoms with Gasteiger partial charge in [-0.25, -0.2) is 14.2 Å². The molecule has 0 bridgehead atoms. The maximum absolute atomic E-state index is 13.6. The van der Waals surface area contributed by atoms with Crippen molar-refractivity contribution >= 4 is 39.1 Å². The van der Waals surface area contributed by atoms with E-state index in [1.54, 1.807) is 12.1 Å². The molecule has 6 nitrogen and oxygen atoms in total. The van der Waals surface area contributed by atoms with Crippen molar-refractivity contribution in [3.8, 4) is 10.8 Å². The Kier molecular flexibility index (Phi) is 5.09. The number of benzene rings is 2. The van der Waals surface area contributed by atoms with Gasteiger partial charge in [-0.15, -0.1) is 11.3 Å². The molecule has 0 unspecified atom stereocenters. The van der Waals surface area contributed by atoms with Crippen molar-refractivity contribution in [2.24, 2.45) is 0 Å². The summed E-state index contributed by atoms with van der Waals surface area (Å²) < 4.78 is 25.3. The van der Waals surface area contributed by atoms with E-state index in [1.165, 1.54) is 42.5 Å². The molecule has 0 spiro atoms. The highest BCUT2D eigenvalue weighted by Crippen LogP contribution is 2.31. The first-order valence-corrected chi connectivity index (χ1v) is 9.55. The average molecular weight is 410 g/mol. The SMILES string of the molecule is C[C@@H](OC(=O)c1ccc(-c2nc3ccccc3s2)o1)C(=O)Nc1ccccc1F. The minimum Gasteiger partial charge on any atom is -0.447 e. The van der Waals surface area contributed by atoms with Crippen molar-refractivity contribution in [3.63, 3.8) is 0 Å². The van der Waals surface area contributed by atoms with Gasteiger partial charge in [0.1, 0.15) is 5.82 Å². The first-order chi connectivity index (χ1) is 14.0. The van der Waals surface area contributed by atoms with Gasteiger partial charge in [-0.05, 0) is 43.3 Å². The molecule has 1 atom stereocenters. The van der Waals surface area contributed by atoms with Crippen LogP contribution in [0.3, 0.4) is 0 Å². The molecular weight excluding hydrogens is 395 g/mol. The summed E-state index contributed by atoms with van der Waals surface area (Å²) >= 11 is 1.44. The van der Waals surface area contributed by atoms with Crippen LogP contribution >= 0.6 is 11.3 Å². The molecule has 1 amide bonds. The largest absolute Gasteiger partial charge is 0.447 e. The summed E-state index contributed by atoms with van der Waals surface area (Å²) in [6.45, 7) is 1.39. The standard InChI is InChI=1S/C21H15FN2O4S/c1-12(19(25)23-14-7-3-2-6-13(14)22)27-21(26)17-11-10-16(28-17)20-24-15-8-4-5-9-18(15)29-20/h2-12H,1H3,(H,23,25)/t12-/m1/s1. The van der Waals surface area contributed by atoms with Crippen LogP contribution in [0, 0.1) is 5.82 Å². The Balaban J connectivity index is 1.43. The highest BCUT2D eigenvalue weighted by molar-refractivity contribution is 7.21. The Morgan fingerprint density at radius 1 is 1.10 bits per heavy atom. The lowest BCUT2D eigenvalue weighted by Gasteiger charge is -2.13. The summed E-state index contributed by atoms with van der Waals surface area (Å²) in [4.78, 5) is 28.9. The van der Waals surface area contributed by atoms with Gasteiger partial charge in [0.2, 0.25) is 5.76 Å². The van der Waals surface area contributed by atoms with Crippen LogP contribution in [0.4, 0.5) is 10.1 Å². The number of nitrogens with zero attached hydrogens (tertiary/aromatic N) is 1. The second-order valence-electron chi connectivity index (χ2n) is 6.17. The number of fused-ring (bicyclic) bond motifs is 1. The van der Waals surface area contributed by atoms with Crippen LogP contribution in [0.15, 0.2) is 65.1 Å². The van der Waals surface area contributed by atoms with Gasteiger partial charge in [-0.1, -0.05) is 24.3 Å². The van der Waals surface area contributed by atoms with E-state index in [9.17, 15) is 14.0 Å². The van der Waals surface area contributed by atoms with Gasteiger partial charge >= 0.3 is 5.97 Å². The number of rotatable bonds is 5. The summed E-state index contributed by atoms with van der Waals surface area (Å²) in [6.07, 6.45) is -1.14. The first kappa shape index (κ1) is 18.8. The summed E-state index contributed by atoms with van der Waals surface area (Å²) in [6, 6.07) is 16.5. The molecule has 0 aliphatic carbocycles. The van der Waals surface area contributed by atoms with Crippen molar-refractivity contribution in [1.29, 1.82) is 0 Å². The molecule has 0 saturated carbocycles. The van der Waals surface area contributed by atoms with E-state index in [-0.39, 0.29) is 11.4 Å². The van der Waals surface area contributed by atoms with Gasteiger partial charge in [-0.2, -0.15) is 0 Å². The lowest BCUT2D eigenvalue weighted by molar-refractivity contribution is -0.123. The third kappa shape index (κ3) is 4.02. The Labute approximate surface area is 168 Å². The lowest BCUT2D eigenvalue weighted by Crippen LogP contribution is -2.30. The van der Waals surface area contributed by atoms with Gasteiger partial charge in [0.05, 0.1) is 15.9 Å². The van der Waals surface area contributed by atoms with Gasteiger partial charge in [0.25, 0.3) is 5.91 Å². The van der Waals surface area contributed by atoms with E-state index in [1.807, 2.05) is 24.3 Å². The summed E-state index contributed by atoms with van der Waals surface area (Å²) in [5, 5.41) is 3.02. The lowest BCUT2D eigenvalue weighted by atomic mass is 10.3. The van der Waals surface area contributed by atoms with E-state index in [4.69, 9.17) is 9.15 Å². The number of thiazole rings is 1. The molecule has 0 saturated heterocycles. The number of hydrogen-bond acceptors (Lipinski definition) is 6. The van der Waals surface area contributed by atoms with Crippen LogP contribution < -0.4 is 5.32 Å². The zero-order valence-corrected chi connectivity index (χ0v) is 16.0. The van der Waals surface area contributed by atoms with Crippen LogP contribution in [0.5, 0.6) is 0 Å². The topological polar surface area (TPSA) is 81.4 Å². The zero-order valence-electron chi connectivity index (χ0n) is 15.2. The van der Waals surface area contributed by atoms with Crippen molar-refractivity contribution in [1.82, 2.24) is 4.98 Å². The molecule has 0 radical (unpaired) electrons. The highest BCUT2D eigenvalue weighted by atomic mass is 32.1. The number of ether oxygens (including phenoxy) is 1. The number of carbonyl (C=O) groups excluding carboxylic acids is 2. The molecule has 1 N–H and O–H groups in total. The Bertz CT molecular complexity index is 1170. The van der Waals surface area contributed by atoms with Crippen molar-refractivity contribution in [2.75, 3.05) is 5.32 Å². The number of amides is 1. The summed E-state index contributed by atoms with van der Waals surface area (Å²) in [7, 11) is 0.